The van der Waals surface area contributed by atoms with E-state index in [2.05, 4.69) is 114 Å². The van der Waals surface area contributed by atoms with Crippen molar-refractivity contribution in [1.29, 1.82) is 0 Å². The van der Waals surface area contributed by atoms with Gasteiger partial charge in [0.05, 0.1) is 77.3 Å². The number of pyridine rings is 4. The van der Waals surface area contributed by atoms with Crippen molar-refractivity contribution in [3.8, 4) is 67.5 Å². The zero-order valence-electron chi connectivity index (χ0n) is 76.6. The highest BCUT2D eigenvalue weighted by Gasteiger charge is 2.37. The molecular formula is C102H116N20O9. The number of benzene rings is 4. The molecule has 18 heterocycles. The van der Waals surface area contributed by atoms with Crippen molar-refractivity contribution in [3.63, 3.8) is 0 Å². The van der Waals surface area contributed by atoms with Crippen LogP contribution in [0.3, 0.4) is 0 Å². The minimum atomic E-state index is -0.0340. The zero-order chi connectivity index (χ0) is 90.2. The van der Waals surface area contributed by atoms with E-state index in [1.165, 1.54) is 61.5 Å². The number of aryl methyl sites for hydroxylation is 5. The highest BCUT2D eigenvalue weighted by Crippen LogP contribution is 2.45. The molecule has 8 aliphatic rings. The van der Waals surface area contributed by atoms with Gasteiger partial charge >= 0.3 is 0 Å². The Morgan fingerprint density at radius 3 is 1.08 bits per heavy atom. The normalized spacial score (nSPS) is 16.9. The van der Waals surface area contributed by atoms with Crippen LogP contribution in [0.5, 0.6) is 0 Å². The Hall–Kier alpha value is -12.5. The van der Waals surface area contributed by atoms with Gasteiger partial charge in [0.2, 0.25) is 23.6 Å². The van der Waals surface area contributed by atoms with Crippen molar-refractivity contribution >= 4 is 66.7 Å². The molecule has 4 fully saturated rings. The van der Waals surface area contributed by atoms with Crippen LogP contribution in [-0.4, -0.2) is 206 Å². The van der Waals surface area contributed by atoms with Crippen LogP contribution in [0.4, 0.5) is 0 Å². The van der Waals surface area contributed by atoms with Crippen molar-refractivity contribution in [2.24, 2.45) is 14.1 Å². The molecule has 0 unspecified atom stereocenters. The molecule has 131 heavy (non-hydrogen) atoms. The number of ether oxygens (including phenoxy) is 4. The van der Waals surface area contributed by atoms with E-state index in [-0.39, 0.29) is 30.2 Å². The molecule has 4 saturated heterocycles. The molecule has 0 spiro atoms. The Morgan fingerprint density at radius 1 is 0.397 bits per heavy atom. The Balaban J connectivity index is 0.000000113. The molecule has 0 bridgehead atoms. The van der Waals surface area contributed by atoms with Gasteiger partial charge in [-0.15, -0.1) is 0 Å². The van der Waals surface area contributed by atoms with Gasteiger partial charge in [-0.05, 0) is 158 Å². The van der Waals surface area contributed by atoms with Crippen molar-refractivity contribution in [1.82, 2.24) is 98.2 Å². The maximum absolute atomic E-state index is 12.6. The minimum absolute atomic E-state index is 0.0340. The lowest BCUT2D eigenvalue weighted by Crippen LogP contribution is -2.36. The van der Waals surface area contributed by atoms with Crippen molar-refractivity contribution in [2.75, 3.05) is 79.0 Å². The number of carbonyl (C=O) groups is 4. The number of aromatic nitrogens is 16. The van der Waals surface area contributed by atoms with E-state index < -0.39 is 0 Å². The number of aliphatic hydroxyl groups is 1. The fraction of sp³-hybridized carbons (Fsp3) is 0.431. The molecule has 4 amide bonds. The van der Waals surface area contributed by atoms with Crippen LogP contribution in [0.1, 0.15) is 184 Å². The van der Waals surface area contributed by atoms with Gasteiger partial charge in [0, 0.05) is 322 Å². The maximum Gasteiger partial charge on any atom is 0.222 e. The van der Waals surface area contributed by atoms with E-state index in [9.17, 15) is 24.3 Å². The van der Waals surface area contributed by atoms with Gasteiger partial charge in [-0.3, -0.25) is 67.2 Å². The van der Waals surface area contributed by atoms with E-state index >= 15 is 0 Å². The standard InChI is InChI=1S/C28H32N6O2.C27H30N6O2.C24H28N4O2.C23H26N4O3/c1-4-27(35)33-10-7-26-24(17-33)28(31-34(26)20-8-11-36-12-9-20)21-6-5-18(2)22-13-25(29-15-23(21)22)19-14-30-32(3)16-19;1-17-4-5-21(23-14-28-25(12-22(17)23)19-13-29-31(3)15-19)27-24-16-32(18(2)34)9-6-26(24)33(30-27)20-7-10-35-11-8-20;1-3-17-12-18-4-8-25-14-21(18)20(13-17)24-22-15-27(16(2)29)9-5-23(22)28(26-24)19-6-10-30-11-7-19;1-15(29)26-7-3-22-21(13-26)23(25-27(22)18-4-8-30-9-5-18)19-11-16(14-28)10-17-2-6-24-12-20(17)19/h5-6,13-16,20H,4,7-12,17H2,1-3H3;4-5,12-15,20H,6-11,16H2,1-3H3;4,8,12-14,19H,3,5-7,9-11,15H2,1-2H3;2,6,10-12,18,28H,3-5,7-9,13-14H2,1H3. The number of fused-ring (bicyclic) bond motifs is 8. The minimum Gasteiger partial charge on any atom is -0.392 e. The maximum atomic E-state index is 12.6. The van der Waals surface area contributed by atoms with Crippen LogP contribution >= 0.6 is 0 Å². The SMILES string of the molecule is CC(=O)N1CCc2c(c(-c3cc(CO)cc4ccncc34)nn2C2CCOCC2)C1.CC(=O)N1CCc2c(c(-c3ccc(C)c4cc(-c5cnn(C)c5)ncc34)nn2C2CCOCC2)C1.CCC(=O)N1CCc2c(c(-c3ccc(C)c4cc(-c5cnn(C)c5)ncc34)nn2C2CCOCC2)C1.CCc1cc(-c2nn(C3CCOCC3)c3c2CN(C(C)=O)CC3)c2cnccc2c1. The third-order valence-corrected chi connectivity index (χ3v) is 28.0. The molecule has 0 atom stereocenters. The van der Waals surface area contributed by atoms with E-state index in [0.29, 0.717) is 56.8 Å². The lowest BCUT2D eigenvalue weighted by molar-refractivity contribution is -0.132. The monoisotopic (exact) mass is 1760 g/mol. The molecule has 0 radical (unpaired) electrons. The highest BCUT2D eigenvalue weighted by atomic mass is 16.5. The molecule has 10 aromatic heterocycles. The number of amides is 4. The molecule has 0 aliphatic carbocycles. The molecule has 678 valence electrons. The van der Waals surface area contributed by atoms with E-state index in [4.69, 9.17) is 49.3 Å². The fourth-order valence-electron chi connectivity index (χ4n) is 20.6. The second kappa shape index (κ2) is 38.1. The van der Waals surface area contributed by atoms with Gasteiger partial charge in [-0.1, -0.05) is 44.2 Å². The van der Waals surface area contributed by atoms with Gasteiger partial charge in [-0.2, -0.15) is 30.6 Å². The molecular weight excluding hydrogens is 1650 g/mol. The zero-order valence-corrected chi connectivity index (χ0v) is 76.6. The highest BCUT2D eigenvalue weighted by molar-refractivity contribution is 6.02. The Bertz CT molecular complexity index is 6470. The molecule has 14 aromatic rings. The number of rotatable bonds is 13. The molecule has 29 heteroatoms. The number of nitrogens with zero attached hydrogens (tertiary/aromatic N) is 20. The number of aliphatic hydroxyl groups excluding tert-OH is 1. The van der Waals surface area contributed by atoms with Crippen LogP contribution in [0.15, 0.2) is 135 Å². The molecule has 4 aromatic carbocycles. The summed E-state index contributed by atoms with van der Waals surface area (Å²) in [5.74, 6) is 0.513. The third-order valence-electron chi connectivity index (χ3n) is 28.0. The van der Waals surface area contributed by atoms with Gasteiger partial charge in [-0.25, -0.2) is 0 Å². The predicted octanol–water partition coefficient (Wildman–Crippen LogP) is 15.3. The summed E-state index contributed by atoms with van der Waals surface area (Å²) in [6, 6.07) is 26.8. The first-order valence-corrected chi connectivity index (χ1v) is 46.7. The second-order valence-electron chi connectivity index (χ2n) is 36.1. The number of hydrogen-bond donors (Lipinski definition) is 1. The smallest absolute Gasteiger partial charge is 0.222 e. The summed E-state index contributed by atoms with van der Waals surface area (Å²) < 4.78 is 34.9. The Morgan fingerprint density at radius 2 is 0.740 bits per heavy atom. The first-order valence-electron chi connectivity index (χ1n) is 46.7. The van der Waals surface area contributed by atoms with Crippen LogP contribution < -0.4 is 0 Å². The van der Waals surface area contributed by atoms with Crippen molar-refractivity contribution < 1.29 is 43.2 Å². The summed E-state index contributed by atoms with van der Waals surface area (Å²) in [7, 11) is 3.83. The van der Waals surface area contributed by atoms with Gasteiger partial charge in [0.15, 0.2) is 0 Å². The average molecular weight is 1770 g/mol. The fourth-order valence-corrected chi connectivity index (χ4v) is 20.6. The predicted molar refractivity (Wildman–Crippen MR) is 501 cm³/mol. The largest absolute Gasteiger partial charge is 0.392 e. The third kappa shape index (κ3) is 17.7. The second-order valence-corrected chi connectivity index (χ2v) is 36.1. The summed E-state index contributed by atoms with van der Waals surface area (Å²) in [5, 5.41) is 48.1. The summed E-state index contributed by atoms with van der Waals surface area (Å²) in [5.41, 5.74) is 26.1. The van der Waals surface area contributed by atoms with Crippen molar-refractivity contribution in [2.45, 2.75) is 195 Å². The molecule has 29 nitrogen and oxygen atoms in total. The number of carbonyl (C=O) groups excluding carboxylic acids is 4. The van der Waals surface area contributed by atoms with Gasteiger partial charge in [0.1, 0.15) is 0 Å². The lowest BCUT2D eigenvalue weighted by Gasteiger charge is -2.30. The van der Waals surface area contributed by atoms with Crippen molar-refractivity contribution in [3.05, 3.63) is 202 Å². The first-order chi connectivity index (χ1) is 63.8. The molecule has 8 aliphatic heterocycles. The van der Waals surface area contributed by atoms with E-state index in [1.54, 1.807) is 36.3 Å². The molecule has 1 N–H and O–H groups in total. The van der Waals surface area contributed by atoms with E-state index in [0.717, 1.165) is 279 Å². The topological polar surface area (TPSA) is 297 Å². The van der Waals surface area contributed by atoms with Gasteiger partial charge < -0.3 is 43.7 Å². The van der Waals surface area contributed by atoms with Crippen LogP contribution in [0.2, 0.25) is 0 Å². The molecule has 0 saturated carbocycles. The molecule has 22 rings (SSSR count). The number of hydrogen-bond acceptors (Lipinski definition) is 19. The quantitative estimate of drug-likeness (QED) is 0.112. The summed E-state index contributed by atoms with van der Waals surface area (Å²) >= 11 is 0. The first kappa shape index (κ1) is 87.8. The van der Waals surface area contributed by atoms with Gasteiger partial charge in [0.25, 0.3) is 0 Å². The van der Waals surface area contributed by atoms with E-state index in [1.807, 2.05) is 115 Å². The Kier molecular flexibility index (Phi) is 25.5. The lowest BCUT2D eigenvalue weighted by atomic mass is 9.94. The average Bonchev–Trinajstić information content (AvgIpc) is 1.62. The summed E-state index contributed by atoms with van der Waals surface area (Å²) in [4.78, 5) is 75.2. The Labute approximate surface area is 762 Å². The summed E-state index contributed by atoms with van der Waals surface area (Å²) in [6.45, 7) is 24.8. The summed E-state index contributed by atoms with van der Waals surface area (Å²) in [6.07, 6.45) is 31.5. The van der Waals surface area contributed by atoms with Crippen LogP contribution in [0, 0.1) is 13.8 Å². The van der Waals surface area contributed by atoms with Crippen LogP contribution in [0.25, 0.3) is 111 Å². The van der Waals surface area contributed by atoms with Crippen LogP contribution in [-0.2, 0) is 117 Å².